The van der Waals surface area contributed by atoms with Crippen molar-refractivity contribution >= 4 is 17.4 Å². The second-order valence-electron chi connectivity index (χ2n) is 7.23. The molecule has 0 saturated carbocycles. The van der Waals surface area contributed by atoms with Crippen molar-refractivity contribution in [2.45, 2.75) is 45.6 Å². The first-order valence-electron chi connectivity index (χ1n) is 9.16. The van der Waals surface area contributed by atoms with Crippen LogP contribution in [0.3, 0.4) is 0 Å². The van der Waals surface area contributed by atoms with Crippen LogP contribution in [0, 0.1) is 0 Å². The number of anilines is 1. The van der Waals surface area contributed by atoms with E-state index in [0.29, 0.717) is 23.9 Å². The number of carbonyl (C=O) groups is 2. The van der Waals surface area contributed by atoms with Crippen molar-refractivity contribution < 1.29 is 9.59 Å². The van der Waals surface area contributed by atoms with Crippen LogP contribution in [-0.4, -0.2) is 45.9 Å². The minimum absolute atomic E-state index is 0.105. The molecule has 2 N–H and O–H groups in total. The average Bonchev–Trinajstić information content (AvgIpc) is 3.12. The fraction of sp³-hybridized carbons (Fsp3) is 0.450. The quantitative estimate of drug-likeness (QED) is 0.806. The van der Waals surface area contributed by atoms with Crippen LogP contribution in [0.15, 0.2) is 30.3 Å². The lowest BCUT2D eigenvalue weighted by Crippen LogP contribution is -2.45. The van der Waals surface area contributed by atoms with Gasteiger partial charge in [0.15, 0.2) is 5.78 Å². The molecule has 2 aromatic rings. The van der Waals surface area contributed by atoms with Gasteiger partial charge in [0.2, 0.25) is 0 Å². The molecule has 3 rings (SSSR count). The average molecular weight is 354 g/mol. The lowest BCUT2D eigenvalue weighted by molar-refractivity contribution is 0.0708. The summed E-state index contributed by atoms with van der Waals surface area (Å²) in [5, 5.41) is 10.1. The predicted octanol–water partition coefficient (Wildman–Crippen LogP) is 3.45. The molecule has 1 unspecified atom stereocenters. The maximum Gasteiger partial charge on any atom is 0.271 e. The van der Waals surface area contributed by atoms with Crippen LogP contribution < -0.4 is 5.32 Å². The van der Waals surface area contributed by atoms with Gasteiger partial charge in [0.05, 0.1) is 0 Å². The van der Waals surface area contributed by atoms with E-state index < -0.39 is 0 Å². The van der Waals surface area contributed by atoms with Gasteiger partial charge in [0, 0.05) is 31.7 Å². The number of amides is 1. The Bertz CT molecular complexity index is 779. The number of aromatic nitrogens is 2. The van der Waals surface area contributed by atoms with Gasteiger partial charge in [-0.25, -0.2) is 0 Å². The Morgan fingerprint density at radius 2 is 2.00 bits per heavy atom. The highest BCUT2D eigenvalue weighted by atomic mass is 16.2. The van der Waals surface area contributed by atoms with Gasteiger partial charge in [0.1, 0.15) is 11.4 Å². The zero-order chi connectivity index (χ0) is 18.7. The molecule has 1 aliphatic rings. The van der Waals surface area contributed by atoms with Crippen molar-refractivity contribution in [1.82, 2.24) is 15.1 Å². The first kappa shape index (κ1) is 18.2. The van der Waals surface area contributed by atoms with E-state index in [1.807, 2.05) is 4.90 Å². The largest absolute Gasteiger partial charge is 0.381 e. The van der Waals surface area contributed by atoms with E-state index >= 15 is 0 Å². The summed E-state index contributed by atoms with van der Waals surface area (Å²) >= 11 is 0. The number of nitrogens with one attached hydrogen (secondary N) is 2. The predicted molar refractivity (Wildman–Crippen MR) is 102 cm³/mol. The minimum atomic E-state index is -0.150. The molecule has 1 aliphatic heterocycles. The van der Waals surface area contributed by atoms with Crippen LogP contribution in [0.5, 0.6) is 0 Å². The standard InChI is InChI=1S/C20H26N4O2/c1-13(2)15-6-8-16(9-7-15)21-17-5-4-10-24(12-17)20(26)19-11-18(14(3)25)22-23-19/h6-9,11,13,17,21H,4-5,10,12H2,1-3H3,(H,22,23). The zero-order valence-corrected chi connectivity index (χ0v) is 15.6. The topological polar surface area (TPSA) is 78.1 Å². The van der Waals surface area contributed by atoms with Gasteiger partial charge >= 0.3 is 0 Å². The molecule has 138 valence electrons. The fourth-order valence-electron chi connectivity index (χ4n) is 3.26. The summed E-state index contributed by atoms with van der Waals surface area (Å²) in [5.41, 5.74) is 3.06. The molecule has 1 atom stereocenters. The summed E-state index contributed by atoms with van der Waals surface area (Å²) < 4.78 is 0. The highest BCUT2D eigenvalue weighted by Gasteiger charge is 2.26. The van der Waals surface area contributed by atoms with Gasteiger partial charge in [-0.15, -0.1) is 0 Å². The van der Waals surface area contributed by atoms with Gasteiger partial charge in [-0.05, 0) is 42.5 Å². The number of rotatable bonds is 5. The molecule has 26 heavy (non-hydrogen) atoms. The molecule has 1 saturated heterocycles. The Morgan fingerprint density at radius 3 is 2.62 bits per heavy atom. The number of H-pyrrole nitrogens is 1. The van der Waals surface area contributed by atoms with Crippen LogP contribution in [0.4, 0.5) is 5.69 Å². The Hall–Kier alpha value is -2.63. The number of carbonyl (C=O) groups excluding carboxylic acids is 2. The van der Waals surface area contributed by atoms with E-state index in [-0.39, 0.29) is 17.7 Å². The van der Waals surface area contributed by atoms with Gasteiger partial charge in [0.25, 0.3) is 5.91 Å². The summed E-state index contributed by atoms with van der Waals surface area (Å²) in [7, 11) is 0. The van der Waals surface area contributed by atoms with Gasteiger partial charge in [-0.2, -0.15) is 5.10 Å². The Balaban J connectivity index is 1.63. The SMILES string of the molecule is CC(=O)c1cc(C(=O)N2CCCC(Nc3ccc(C(C)C)cc3)C2)[nH]n1. The third-order valence-corrected chi connectivity index (χ3v) is 4.83. The third kappa shape index (κ3) is 4.12. The monoisotopic (exact) mass is 354 g/mol. The number of hydrogen-bond acceptors (Lipinski definition) is 4. The highest BCUT2D eigenvalue weighted by Crippen LogP contribution is 2.21. The molecule has 1 fully saturated rings. The van der Waals surface area contributed by atoms with Crippen LogP contribution in [0.25, 0.3) is 0 Å². The second-order valence-corrected chi connectivity index (χ2v) is 7.23. The van der Waals surface area contributed by atoms with Gasteiger partial charge in [-0.3, -0.25) is 14.7 Å². The van der Waals surface area contributed by atoms with Crippen molar-refractivity contribution in [3.05, 3.63) is 47.3 Å². The maximum absolute atomic E-state index is 12.7. The van der Waals surface area contributed by atoms with Crippen molar-refractivity contribution in [1.29, 1.82) is 0 Å². The van der Waals surface area contributed by atoms with Crippen molar-refractivity contribution in [2.24, 2.45) is 0 Å². The van der Waals surface area contributed by atoms with Crippen molar-refractivity contribution in [3.63, 3.8) is 0 Å². The molecule has 0 bridgehead atoms. The summed E-state index contributed by atoms with van der Waals surface area (Å²) in [4.78, 5) is 25.9. The van der Waals surface area contributed by atoms with E-state index in [1.165, 1.54) is 18.6 Å². The minimum Gasteiger partial charge on any atom is -0.381 e. The van der Waals surface area contributed by atoms with E-state index in [0.717, 1.165) is 25.1 Å². The molecule has 1 amide bonds. The van der Waals surface area contributed by atoms with Crippen molar-refractivity contribution in [3.8, 4) is 0 Å². The third-order valence-electron chi connectivity index (χ3n) is 4.83. The second kappa shape index (κ2) is 7.72. The molecule has 6 heteroatoms. The van der Waals surface area contributed by atoms with Crippen LogP contribution in [-0.2, 0) is 0 Å². The van der Waals surface area contributed by atoms with Crippen LogP contribution in [0.1, 0.15) is 66.1 Å². The summed E-state index contributed by atoms with van der Waals surface area (Å²) in [6.45, 7) is 7.16. The normalized spacial score (nSPS) is 17.4. The number of nitrogens with zero attached hydrogens (tertiary/aromatic N) is 2. The van der Waals surface area contributed by atoms with E-state index in [1.54, 1.807) is 0 Å². The van der Waals surface area contributed by atoms with Gasteiger partial charge < -0.3 is 10.2 Å². The molecule has 0 radical (unpaired) electrons. The molecule has 0 aliphatic carbocycles. The molecular formula is C20H26N4O2. The first-order valence-corrected chi connectivity index (χ1v) is 9.16. The van der Waals surface area contributed by atoms with Gasteiger partial charge in [-0.1, -0.05) is 26.0 Å². The molecular weight excluding hydrogens is 328 g/mol. The first-order chi connectivity index (χ1) is 12.4. The maximum atomic E-state index is 12.7. The number of likely N-dealkylation sites (tertiary alicyclic amines) is 1. The van der Waals surface area contributed by atoms with Crippen LogP contribution in [0.2, 0.25) is 0 Å². The lowest BCUT2D eigenvalue weighted by atomic mass is 10.0. The Labute approximate surface area is 154 Å². The molecule has 2 heterocycles. The molecule has 1 aromatic heterocycles. The summed E-state index contributed by atoms with van der Waals surface area (Å²) in [6.07, 6.45) is 1.97. The number of hydrogen-bond donors (Lipinski definition) is 2. The fourth-order valence-corrected chi connectivity index (χ4v) is 3.26. The van der Waals surface area contributed by atoms with Crippen molar-refractivity contribution in [2.75, 3.05) is 18.4 Å². The lowest BCUT2D eigenvalue weighted by Gasteiger charge is -2.33. The number of piperidine rings is 1. The Kier molecular flexibility index (Phi) is 5.40. The molecule has 0 spiro atoms. The Morgan fingerprint density at radius 1 is 1.27 bits per heavy atom. The van der Waals surface area contributed by atoms with E-state index in [4.69, 9.17) is 0 Å². The smallest absolute Gasteiger partial charge is 0.271 e. The highest BCUT2D eigenvalue weighted by molar-refractivity contribution is 5.97. The number of benzene rings is 1. The summed E-state index contributed by atoms with van der Waals surface area (Å²) in [6, 6.07) is 10.2. The number of Topliss-reactive ketones (excluding diaryl/α,β-unsaturated/α-hetero) is 1. The summed E-state index contributed by atoms with van der Waals surface area (Å²) in [5.74, 6) is 0.260. The molecule has 1 aromatic carbocycles. The number of ketones is 1. The number of aromatic amines is 1. The molecule has 6 nitrogen and oxygen atoms in total. The van der Waals surface area contributed by atoms with E-state index in [9.17, 15) is 9.59 Å². The van der Waals surface area contributed by atoms with E-state index in [2.05, 4.69) is 53.6 Å². The zero-order valence-electron chi connectivity index (χ0n) is 15.6. The van der Waals surface area contributed by atoms with Crippen LogP contribution >= 0.6 is 0 Å².